The maximum absolute atomic E-state index is 13.2. The number of carbonyl (C=O) groups is 1. The Morgan fingerprint density at radius 3 is 2.50 bits per heavy atom. The molecule has 1 fully saturated rings. The number of ether oxygens (including phenoxy) is 2. The second kappa shape index (κ2) is 7.05. The molecule has 4 nitrogen and oxygen atoms in total. The quantitative estimate of drug-likeness (QED) is 0.932. The van der Waals surface area contributed by atoms with E-state index in [0.29, 0.717) is 37.5 Å². The summed E-state index contributed by atoms with van der Waals surface area (Å²) in [5.41, 5.74) is 2.27. The van der Waals surface area contributed by atoms with Crippen LogP contribution < -0.4 is 10.1 Å². The molecule has 0 atom stereocenters. The number of carbonyl (C=O) groups excluding carboxylic acids is 1. The monoisotopic (exact) mass is 325 g/mol. The Hall–Kier alpha value is -2.33. The lowest BCUT2D eigenvalue weighted by atomic mass is 9.73. The summed E-state index contributed by atoms with van der Waals surface area (Å²) in [6, 6.07) is 15.8. The van der Waals surface area contributed by atoms with Gasteiger partial charge in [-0.15, -0.1) is 0 Å². The van der Waals surface area contributed by atoms with E-state index in [1.165, 1.54) is 0 Å². The van der Waals surface area contributed by atoms with Gasteiger partial charge in [0.25, 0.3) is 0 Å². The largest absolute Gasteiger partial charge is 0.495 e. The molecule has 24 heavy (non-hydrogen) atoms. The van der Waals surface area contributed by atoms with Gasteiger partial charge in [0.1, 0.15) is 5.75 Å². The third kappa shape index (κ3) is 3.15. The van der Waals surface area contributed by atoms with Crippen LogP contribution in [0.15, 0.2) is 48.5 Å². The molecule has 2 aromatic carbocycles. The molecule has 4 heteroatoms. The molecule has 1 heterocycles. The maximum Gasteiger partial charge on any atom is 0.235 e. The summed E-state index contributed by atoms with van der Waals surface area (Å²) in [6.07, 6.45) is 1.36. The molecule has 126 valence electrons. The average molecular weight is 325 g/mol. The minimum Gasteiger partial charge on any atom is -0.495 e. The zero-order chi connectivity index (χ0) is 17.0. The lowest BCUT2D eigenvalue weighted by molar-refractivity contribution is -0.125. The third-order valence-corrected chi connectivity index (χ3v) is 4.71. The van der Waals surface area contributed by atoms with Crippen molar-refractivity contribution in [1.29, 1.82) is 0 Å². The van der Waals surface area contributed by atoms with Gasteiger partial charge in [-0.1, -0.05) is 36.4 Å². The zero-order valence-electron chi connectivity index (χ0n) is 14.2. The first kappa shape index (κ1) is 16.5. The molecule has 0 aliphatic carbocycles. The summed E-state index contributed by atoms with van der Waals surface area (Å²) in [5.74, 6) is 0.671. The molecule has 1 aliphatic heterocycles. The van der Waals surface area contributed by atoms with Crippen molar-refractivity contribution >= 4 is 11.6 Å². The highest BCUT2D eigenvalue weighted by atomic mass is 16.5. The molecular formula is C20H23NO3. The number of hydrogen-bond donors (Lipinski definition) is 1. The smallest absolute Gasteiger partial charge is 0.235 e. The fourth-order valence-corrected chi connectivity index (χ4v) is 3.29. The van der Waals surface area contributed by atoms with E-state index in [0.717, 1.165) is 11.1 Å². The molecule has 3 rings (SSSR count). The maximum atomic E-state index is 13.2. The third-order valence-electron chi connectivity index (χ3n) is 4.71. The molecule has 1 saturated heterocycles. The van der Waals surface area contributed by atoms with Gasteiger partial charge in [-0.2, -0.15) is 0 Å². The first-order valence-electron chi connectivity index (χ1n) is 8.25. The normalized spacial score (nSPS) is 16.4. The highest BCUT2D eigenvalue weighted by Gasteiger charge is 2.41. The lowest BCUT2D eigenvalue weighted by Gasteiger charge is -2.36. The highest BCUT2D eigenvalue weighted by Crippen LogP contribution is 2.37. The van der Waals surface area contributed by atoms with Crippen molar-refractivity contribution in [2.75, 3.05) is 25.6 Å². The van der Waals surface area contributed by atoms with Gasteiger partial charge in [-0.25, -0.2) is 0 Å². The minimum atomic E-state index is -0.561. The average Bonchev–Trinajstić information content (AvgIpc) is 2.63. The van der Waals surface area contributed by atoms with Crippen LogP contribution in [-0.2, 0) is 14.9 Å². The lowest BCUT2D eigenvalue weighted by Crippen LogP contribution is -2.44. The van der Waals surface area contributed by atoms with E-state index in [2.05, 4.69) is 5.32 Å². The van der Waals surface area contributed by atoms with Crippen molar-refractivity contribution in [3.05, 3.63) is 59.7 Å². The van der Waals surface area contributed by atoms with Crippen LogP contribution in [-0.4, -0.2) is 26.2 Å². The number of benzene rings is 2. The first-order valence-corrected chi connectivity index (χ1v) is 8.25. The predicted octanol–water partition coefficient (Wildman–Crippen LogP) is 3.69. The molecule has 2 aromatic rings. The van der Waals surface area contributed by atoms with Crippen LogP contribution in [0.4, 0.5) is 5.69 Å². The summed E-state index contributed by atoms with van der Waals surface area (Å²) >= 11 is 0. The molecule has 1 aliphatic rings. The molecule has 0 saturated carbocycles. The molecule has 0 bridgehead atoms. The van der Waals surface area contributed by atoms with Crippen molar-refractivity contribution in [3.63, 3.8) is 0 Å². The Bertz CT molecular complexity index is 706. The van der Waals surface area contributed by atoms with Gasteiger partial charge in [0.05, 0.1) is 18.2 Å². The Morgan fingerprint density at radius 1 is 1.12 bits per heavy atom. The molecular weight excluding hydrogens is 302 g/mol. The Labute approximate surface area is 142 Å². The van der Waals surface area contributed by atoms with Crippen molar-refractivity contribution < 1.29 is 14.3 Å². The van der Waals surface area contributed by atoms with Gasteiger partial charge in [0.2, 0.25) is 5.91 Å². The Morgan fingerprint density at radius 2 is 1.83 bits per heavy atom. The number of hydrogen-bond acceptors (Lipinski definition) is 3. The van der Waals surface area contributed by atoms with Crippen molar-refractivity contribution in [1.82, 2.24) is 0 Å². The standard InChI is InChI=1S/C20H23NO3/c1-15-8-9-18(23-2)17(14-15)21-19(22)20(10-12-24-13-11-20)16-6-4-3-5-7-16/h3-9,14H,10-13H2,1-2H3,(H,21,22). The van der Waals surface area contributed by atoms with Crippen LogP contribution in [0.1, 0.15) is 24.0 Å². The second-order valence-corrected chi connectivity index (χ2v) is 6.22. The number of aryl methyl sites for hydroxylation is 1. The fraction of sp³-hybridized carbons (Fsp3) is 0.350. The fourth-order valence-electron chi connectivity index (χ4n) is 3.29. The summed E-state index contributed by atoms with van der Waals surface area (Å²) in [6.45, 7) is 3.18. The van der Waals surface area contributed by atoms with Crippen molar-refractivity contribution in [2.45, 2.75) is 25.2 Å². The SMILES string of the molecule is COc1ccc(C)cc1NC(=O)C1(c2ccccc2)CCOCC1. The Kier molecular flexibility index (Phi) is 4.86. The summed E-state index contributed by atoms with van der Waals surface area (Å²) < 4.78 is 10.9. The van der Waals surface area contributed by atoms with Crippen LogP contribution in [0.5, 0.6) is 5.75 Å². The van der Waals surface area contributed by atoms with Crippen molar-refractivity contribution in [3.8, 4) is 5.75 Å². The topological polar surface area (TPSA) is 47.6 Å². The number of amides is 1. The van der Waals surface area contributed by atoms with Gasteiger partial charge in [0.15, 0.2) is 0 Å². The van der Waals surface area contributed by atoms with E-state index in [1.54, 1.807) is 7.11 Å². The number of methoxy groups -OCH3 is 1. The van der Waals surface area contributed by atoms with Crippen LogP contribution in [0.25, 0.3) is 0 Å². The summed E-state index contributed by atoms with van der Waals surface area (Å²) in [5, 5.41) is 3.09. The van der Waals surface area contributed by atoms with Gasteiger partial charge >= 0.3 is 0 Å². The van der Waals surface area contributed by atoms with E-state index in [-0.39, 0.29) is 5.91 Å². The molecule has 0 unspecified atom stereocenters. The molecule has 0 aromatic heterocycles. The van der Waals surface area contributed by atoms with Crippen LogP contribution >= 0.6 is 0 Å². The molecule has 0 spiro atoms. The van der Waals surface area contributed by atoms with Crippen LogP contribution in [0.2, 0.25) is 0 Å². The highest BCUT2D eigenvalue weighted by molar-refractivity contribution is 6.00. The van der Waals surface area contributed by atoms with Crippen LogP contribution in [0.3, 0.4) is 0 Å². The number of rotatable bonds is 4. The van der Waals surface area contributed by atoms with Crippen molar-refractivity contribution in [2.24, 2.45) is 0 Å². The van der Waals surface area contributed by atoms with E-state index < -0.39 is 5.41 Å². The zero-order valence-corrected chi connectivity index (χ0v) is 14.2. The van der Waals surface area contributed by atoms with E-state index in [1.807, 2.05) is 55.5 Å². The van der Waals surface area contributed by atoms with Gasteiger partial charge in [-0.05, 0) is 43.0 Å². The van der Waals surface area contributed by atoms with Gasteiger partial charge < -0.3 is 14.8 Å². The van der Waals surface area contributed by atoms with Crippen LogP contribution in [0, 0.1) is 6.92 Å². The van der Waals surface area contributed by atoms with E-state index >= 15 is 0 Å². The van der Waals surface area contributed by atoms with Gasteiger partial charge in [0, 0.05) is 13.2 Å². The number of anilines is 1. The van der Waals surface area contributed by atoms with E-state index in [4.69, 9.17) is 9.47 Å². The molecule has 1 N–H and O–H groups in total. The molecule has 0 radical (unpaired) electrons. The minimum absolute atomic E-state index is 0.000833. The van der Waals surface area contributed by atoms with Gasteiger partial charge in [-0.3, -0.25) is 4.79 Å². The second-order valence-electron chi connectivity index (χ2n) is 6.22. The first-order chi connectivity index (χ1) is 11.7. The Balaban J connectivity index is 1.94. The predicted molar refractivity (Wildman–Crippen MR) is 94.5 cm³/mol. The summed E-state index contributed by atoms with van der Waals surface area (Å²) in [7, 11) is 1.61. The van der Waals surface area contributed by atoms with E-state index in [9.17, 15) is 4.79 Å². The number of nitrogens with one attached hydrogen (secondary N) is 1. The molecule has 1 amide bonds. The summed E-state index contributed by atoms with van der Waals surface area (Å²) in [4.78, 5) is 13.2.